The molecule has 1 aliphatic rings. The molecule has 1 aliphatic heterocycles. The number of carbonyl (C=O) groups is 1. The number of piperidine rings is 1. The second-order valence-corrected chi connectivity index (χ2v) is 8.27. The van der Waals surface area contributed by atoms with Gasteiger partial charge in [-0.05, 0) is 39.0 Å². The Kier molecular flexibility index (Phi) is 9.84. The number of rotatable bonds is 11. The highest BCUT2D eigenvalue weighted by Crippen LogP contribution is 2.48. The standard InChI is InChI=1S/C16H32NO5P/c1-3-21-23(20,22-4-2)14-8-6-5-7-9-15-10-12-17(13-11-15)16(18)19/h15H,3-14H2,1-2H3,(H,18,19). The Balaban J connectivity index is 2.07. The molecule has 136 valence electrons. The highest BCUT2D eigenvalue weighted by Gasteiger charge is 2.23. The quantitative estimate of drug-likeness (QED) is 0.436. The fourth-order valence-corrected chi connectivity index (χ4v) is 4.80. The average Bonchev–Trinajstić information content (AvgIpc) is 2.51. The summed E-state index contributed by atoms with van der Waals surface area (Å²) in [5.41, 5.74) is 0. The third-order valence-corrected chi connectivity index (χ3v) is 6.50. The van der Waals surface area contributed by atoms with E-state index in [0.29, 0.717) is 38.4 Å². The van der Waals surface area contributed by atoms with Gasteiger partial charge in [-0.3, -0.25) is 4.57 Å². The van der Waals surface area contributed by atoms with Crippen LogP contribution in [-0.4, -0.2) is 48.6 Å². The van der Waals surface area contributed by atoms with Crippen molar-refractivity contribution in [2.24, 2.45) is 5.92 Å². The average molecular weight is 349 g/mol. The molecule has 0 aromatic heterocycles. The first-order valence-electron chi connectivity index (χ1n) is 8.86. The van der Waals surface area contributed by atoms with Crippen LogP contribution in [0.1, 0.15) is 58.8 Å². The van der Waals surface area contributed by atoms with Crippen LogP contribution in [0.3, 0.4) is 0 Å². The fourth-order valence-electron chi connectivity index (χ4n) is 3.06. The van der Waals surface area contributed by atoms with E-state index in [9.17, 15) is 9.36 Å². The molecule has 0 spiro atoms. The Morgan fingerprint density at radius 3 is 2.17 bits per heavy atom. The van der Waals surface area contributed by atoms with Crippen molar-refractivity contribution in [2.45, 2.75) is 58.8 Å². The molecule has 0 radical (unpaired) electrons. The smallest absolute Gasteiger partial charge is 0.407 e. The Labute approximate surface area is 140 Å². The molecule has 1 heterocycles. The molecule has 0 saturated carbocycles. The number of amides is 1. The minimum Gasteiger partial charge on any atom is -0.465 e. The molecule has 0 atom stereocenters. The summed E-state index contributed by atoms with van der Waals surface area (Å²) < 4.78 is 22.8. The van der Waals surface area contributed by atoms with Crippen LogP contribution in [0.5, 0.6) is 0 Å². The zero-order valence-electron chi connectivity index (χ0n) is 14.5. The lowest BCUT2D eigenvalue weighted by molar-refractivity contribution is 0.122. The van der Waals surface area contributed by atoms with E-state index in [1.165, 1.54) is 11.3 Å². The first-order chi connectivity index (χ1) is 11.0. The van der Waals surface area contributed by atoms with Gasteiger partial charge in [-0.1, -0.05) is 25.7 Å². The van der Waals surface area contributed by atoms with Crippen LogP contribution in [0.25, 0.3) is 0 Å². The van der Waals surface area contributed by atoms with Crippen molar-refractivity contribution >= 4 is 13.7 Å². The maximum absolute atomic E-state index is 12.3. The van der Waals surface area contributed by atoms with Gasteiger partial charge >= 0.3 is 13.7 Å². The molecule has 1 saturated heterocycles. The molecule has 0 aliphatic carbocycles. The summed E-state index contributed by atoms with van der Waals surface area (Å²) in [6.07, 6.45) is 7.03. The van der Waals surface area contributed by atoms with E-state index in [1.54, 1.807) is 0 Å². The summed E-state index contributed by atoms with van der Waals surface area (Å²) >= 11 is 0. The van der Waals surface area contributed by atoms with Crippen molar-refractivity contribution in [3.63, 3.8) is 0 Å². The summed E-state index contributed by atoms with van der Waals surface area (Å²) in [4.78, 5) is 12.4. The summed E-state index contributed by atoms with van der Waals surface area (Å²) in [7, 11) is -2.87. The molecule has 0 unspecified atom stereocenters. The summed E-state index contributed by atoms with van der Waals surface area (Å²) in [6.45, 7) is 5.86. The minimum absolute atomic E-state index is 0.423. The predicted octanol–water partition coefficient (Wildman–Crippen LogP) is 4.59. The predicted molar refractivity (Wildman–Crippen MR) is 91.1 cm³/mol. The summed E-state index contributed by atoms with van der Waals surface area (Å²) in [5.74, 6) is 0.656. The number of likely N-dealkylation sites (tertiary alicyclic amines) is 1. The van der Waals surface area contributed by atoms with Crippen molar-refractivity contribution in [2.75, 3.05) is 32.5 Å². The number of hydrogen-bond donors (Lipinski definition) is 1. The van der Waals surface area contributed by atoms with Crippen LogP contribution in [0.4, 0.5) is 4.79 Å². The van der Waals surface area contributed by atoms with Gasteiger partial charge in [0.25, 0.3) is 0 Å². The lowest BCUT2D eigenvalue weighted by atomic mass is 9.91. The van der Waals surface area contributed by atoms with E-state index in [1.807, 2.05) is 13.8 Å². The van der Waals surface area contributed by atoms with E-state index < -0.39 is 13.7 Å². The molecule has 0 bridgehead atoms. The van der Waals surface area contributed by atoms with Crippen molar-refractivity contribution in [1.29, 1.82) is 0 Å². The molecule has 23 heavy (non-hydrogen) atoms. The molecule has 1 fully saturated rings. The second kappa shape index (κ2) is 11.1. The highest BCUT2D eigenvalue weighted by atomic mass is 31.2. The van der Waals surface area contributed by atoms with Crippen molar-refractivity contribution in [3.05, 3.63) is 0 Å². The normalized spacial score (nSPS) is 16.7. The number of hydrogen-bond acceptors (Lipinski definition) is 4. The van der Waals surface area contributed by atoms with Crippen LogP contribution >= 0.6 is 7.60 Å². The van der Waals surface area contributed by atoms with Gasteiger partial charge in [0, 0.05) is 13.1 Å². The lowest BCUT2D eigenvalue weighted by Crippen LogP contribution is -2.37. The Bertz CT molecular complexity index is 373. The van der Waals surface area contributed by atoms with Gasteiger partial charge in [0.05, 0.1) is 19.4 Å². The molecule has 1 N–H and O–H groups in total. The zero-order chi connectivity index (χ0) is 17.1. The highest BCUT2D eigenvalue weighted by molar-refractivity contribution is 7.53. The molecule has 7 heteroatoms. The summed E-state index contributed by atoms with van der Waals surface area (Å²) in [6, 6.07) is 0. The first kappa shape index (κ1) is 20.5. The van der Waals surface area contributed by atoms with Gasteiger partial charge in [0.1, 0.15) is 0 Å². The molecular weight excluding hydrogens is 317 g/mol. The van der Waals surface area contributed by atoms with E-state index in [0.717, 1.165) is 38.5 Å². The molecule has 6 nitrogen and oxygen atoms in total. The zero-order valence-corrected chi connectivity index (χ0v) is 15.4. The van der Waals surface area contributed by atoms with Gasteiger partial charge in [0.2, 0.25) is 0 Å². The Hall–Kier alpha value is -0.580. The largest absolute Gasteiger partial charge is 0.465 e. The van der Waals surface area contributed by atoms with E-state index in [-0.39, 0.29) is 0 Å². The Morgan fingerprint density at radius 2 is 1.65 bits per heavy atom. The van der Waals surface area contributed by atoms with Crippen molar-refractivity contribution in [3.8, 4) is 0 Å². The SMILES string of the molecule is CCOP(=O)(CCCCCCC1CCN(C(=O)O)CC1)OCC. The third kappa shape index (κ3) is 8.18. The number of nitrogens with zero attached hydrogens (tertiary/aromatic N) is 1. The number of unbranched alkanes of at least 4 members (excludes halogenated alkanes) is 3. The van der Waals surface area contributed by atoms with Gasteiger partial charge < -0.3 is 19.1 Å². The van der Waals surface area contributed by atoms with Crippen LogP contribution in [-0.2, 0) is 13.6 Å². The molecule has 1 amide bonds. The molecule has 0 aromatic carbocycles. The van der Waals surface area contributed by atoms with Crippen LogP contribution in [0.15, 0.2) is 0 Å². The van der Waals surface area contributed by atoms with Gasteiger partial charge in [0.15, 0.2) is 0 Å². The van der Waals surface area contributed by atoms with E-state index >= 15 is 0 Å². The lowest BCUT2D eigenvalue weighted by Gasteiger charge is -2.29. The van der Waals surface area contributed by atoms with Gasteiger partial charge in [-0.25, -0.2) is 4.79 Å². The van der Waals surface area contributed by atoms with E-state index in [4.69, 9.17) is 14.2 Å². The molecular formula is C16H32NO5P. The van der Waals surface area contributed by atoms with Crippen LogP contribution in [0, 0.1) is 5.92 Å². The molecule has 0 aromatic rings. The van der Waals surface area contributed by atoms with Gasteiger partial charge in [-0.15, -0.1) is 0 Å². The first-order valence-corrected chi connectivity index (χ1v) is 10.6. The van der Waals surface area contributed by atoms with Crippen molar-refractivity contribution < 1.29 is 23.5 Å². The third-order valence-electron chi connectivity index (χ3n) is 4.33. The van der Waals surface area contributed by atoms with E-state index in [2.05, 4.69) is 0 Å². The maximum Gasteiger partial charge on any atom is 0.407 e. The minimum atomic E-state index is -2.87. The topological polar surface area (TPSA) is 76.1 Å². The van der Waals surface area contributed by atoms with Crippen LogP contribution < -0.4 is 0 Å². The second-order valence-electron chi connectivity index (χ2n) is 6.09. The molecule has 1 rings (SSSR count). The van der Waals surface area contributed by atoms with Gasteiger partial charge in [-0.2, -0.15) is 0 Å². The van der Waals surface area contributed by atoms with Crippen molar-refractivity contribution in [1.82, 2.24) is 4.90 Å². The Morgan fingerprint density at radius 1 is 1.09 bits per heavy atom. The number of carboxylic acid groups (broad SMARTS) is 1. The van der Waals surface area contributed by atoms with Crippen LogP contribution in [0.2, 0.25) is 0 Å². The monoisotopic (exact) mass is 349 g/mol. The fraction of sp³-hybridized carbons (Fsp3) is 0.938. The summed E-state index contributed by atoms with van der Waals surface area (Å²) in [5, 5.41) is 8.92. The maximum atomic E-state index is 12.3.